The molecule has 0 fully saturated rings. The van der Waals surface area contributed by atoms with Crippen LogP contribution < -0.4 is 5.11 Å². The molecule has 0 aromatic rings. The van der Waals surface area contributed by atoms with Crippen molar-refractivity contribution in [3.63, 3.8) is 0 Å². The van der Waals surface area contributed by atoms with Gasteiger partial charge in [-0.2, -0.15) is 0 Å². The van der Waals surface area contributed by atoms with Crippen LogP contribution in [0.15, 0.2) is 97.2 Å². The van der Waals surface area contributed by atoms with E-state index >= 15 is 0 Å². The van der Waals surface area contributed by atoms with Crippen LogP contribution in [0.1, 0.15) is 129 Å². The second-order valence-electron chi connectivity index (χ2n) is 14.6. The molecule has 0 N–H and O–H groups in total. The Morgan fingerprint density at radius 2 is 1.05 bits per heavy atom. The predicted octanol–water partition coefficient (Wildman–Crippen LogP) is 9.79. The van der Waals surface area contributed by atoms with Crippen LogP contribution >= 0.6 is 0 Å². The topological polar surface area (TPSA) is 102 Å². The summed E-state index contributed by atoms with van der Waals surface area (Å²) in [5, 5.41) is 11.6. The smallest absolute Gasteiger partial charge is 0.306 e. The molecular weight excluding hydrogens is 691 g/mol. The molecule has 8 heteroatoms. The summed E-state index contributed by atoms with van der Waals surface area (Å²) in [6, 6.07) is -0.741. The van der Waals surface area contributed by atoms with Gasteiger partial charge in [0, 0.05) is 19.3 Å². The molecule has 0 bridgehead atoms. The van der Waals surface area contributed by atoms with Crippen LogP contribution in [0.5, 0.6) is 0 Å². The van der Waals surface area contributed by atoms with E-state index in [1.54, 1.807) is 21.1 Å². The maximum absolute atomic E-state index is 12.7. The zero-order chi connectivity index (χ0) is 40.7. The van der Waals surface area contributed by atoms with Crippen LogP contribution in [0.25, 0.3) is 0 Å². The number of esters is 2. The Morgan fingerprint density at radius 3 is 1.65 bits per heavy atom. The van der Waals surface area contributed by atoms with Gasteiger partial charge in [-0.15, -0.1) is 0 Å². The van der Waals surface area contributed by atoms with Crippen molar-refractivity contribution >= 4 is 17.9 Å². The Bertz CT molecular complexity index is 1220. The quantitative estimate of drug-likeness (QED) is 0.0208. The number of nitrogens with zero attached hydrogens (tertiary/aromatic N) is 1. The van der Waals surface area contributed by atoms with Gasteiger partial charge in [-0.1, -0.05) is 137 Å². The summed E-state index contributed by atoms with van der Waals surface area (Å²) in [6.07, 6.45) is 48.6. The molecule has 8 nitrogen and oxygen atoms in total. The van der Waals surface area contributed by atoms with Crippen LogP contribution in [0, 0.1) is 0 Å². The second-order valence-corrected chi connectivity index (χ2v) is 14.6. The molecule has 2 atom stereocenters. The average Bonchev–Trinajstić information content (AvgIpc) is 3.14. The van der Waals surface area contributed by atoms with Crippen molar-refractivity contribution in [2.24, 2.45) is 0 Å². The molecule has 310 valence electrons. The van der Waals surface area contributed by atoms with E-state index in [-0.39, 0.29) is 49.1 Å². The number of ether oxygens (including phenoxy) is 3. The van der Waals surface area contributed by atoms with Gasteiger partial charge < -0.3 is 28.6 Å². The van der Waals surface area contributed by atoms with E-state index in [0.29, 0.717) is 6.42 Å². The third-order valence-corrected chi connectivity index (χ3v) is 8.56. The molecule has 0 aliphatic heterocycles. The number of carboxylic acid groups (broad SMARTS) is 1. The van der Waals surface area contributed by atoms with Gasteiger partial charge in [-0.3, -0.25) is 9.59 Å². The standard InChI is InChI=1S/C47H75NO7/c1-6-8-10-12-14-16-18-20-22-24-25-27-29-31-33-35-37-45(49)54-42-43(41-53-40-39-44(47(51)52)48(3,4)5)55-46(50)38-36-34-32-30-28-26-23-21-19-17-15-13-11-9-7-2/h8-11,13-17,19-23,25,27,43-44H,6-7,12,18,24,26,28-42H2,1-5H3/b10-8+,11-9+,15-13+,16-14+,19-17+,22-20+,23-21+,27-25+. The van der Waals surface area contributed by atoms with Crippen molar-refractivity contribution in [1.29, 1.82) is 0 Å². The van der Waals surface area contributed by atoms with Gasteiger partial charge in [0.2, 0.25) is 0 Å². The molecule has 0 rings (SSSR count). The zero-order valence-electron chi connectivity index (χ0n) is 35.0. The first-order chi connectivity index (χ1) is 26.6. The Hall–Kier alpha value is -3.75. The molecule has 0 aromatic heterocycles. The van der Waals surface area contributed by atoms with Crippen molar-refractivity contribution in [3.8, 4) is 0 Å². The minimum absolute atomic E-state index is 0.0136. The number of quaternary nitrogens is 1. The van der Waals surface area contributed by atoms with Crippen molar-refractivity contribution in [3.05, 3.63) is 97.2 Å². The largest absolute Gasteiger partial charge is 0.544 e. The SMILES string of the molecule is CC/C=C/C=C/C=C/C=C/CCCCCCCC(=O)OC(COCCC(C(=O)[O-])[N+](C)(C)C)COC(=O)CCCCC/C=C/C/C=C/C/C=C/C/C=C/CC. The third-order valence-electron chi connectivity index (χ3n) is 8.56. The van der Waals surface area contributed by atoms with Crippen molar-refractivity contribution in [2.45, 2.75) is 142 Å². The molecule has 0 aromatic carbocycles. The van der Waals surface area contributed by atoms with E-state index < -0.39 is 18.1 Å². The lowest BCUT2D eigenvalue weighted by atomic mass is 10.1. The molecule has 0 radical (unpaired) electrons. The molecular formula is C47H75NO7. The lowest BCUT2D eigenvalue weighted by Crippen LogP contribution is -2.55. The van der Waals surface area contributed by atoms with Crippen LogP contribution in [0.4, 0.5) is 0 Å². The summed E-state index contributed by atoms with van der Waals surface area (Å²) in [6.45, 7) is 4.32. The molecule has 0 spiro atoms. The molecule has 0 saturated heterocycles. The second kappa shape index (κ2) is 37.2. The van der Waals surface area contributed by atoms with Gasteiger partial charge in [0.1, 0.15) is 12.6 Å². The number of unbranched alkanes of at least 4 members (excludes halogenated alkanes) is 8. The summed E-state index contributed by atoms with van der Waals surface area (Å²) in [7, 11) is 5.37. The molecule has 0 amide bonds. The molecule has 0 heterocycles. The number of carbonyl (C=O) groups excluding carboxylic acids is 3. The van der Waals surface area contributed by atoms with Crippen molar-refractivity contribution in [1.82, 2.24) is 0 Å². The predicted molar refractivity (Wildman–Crippen MR) is 226 cm³/mol. The first-order valence-electron chi connectivity index (χ1n) is 20.8. The van der Waals surface area contributed by atoms with Crippen molar-refractivity contribution < 1.29 is 38.2 Å². The van der Waals surface area contributed by atoms with E-state index in [9.17, 15) is 19.5 Å². The normalized spacial score (nSPS) is 14.0. The average molecular weight is 766 g/mol. The lowest BCUT2D eigenvalue weighted by molar-refractivity contribution is -0.889. The Morgan fingerprint density at radius 1 is 0.564 bits per heavy atom. The summed E-state index contributed by atoms with van der Waals surface area (Å²) >= 11 is 0. The first-order valence-corrected chi connectivity index (χ1v) is 20.8. The molecule has 2 unspecified atom stereocenters. The van der Waals surface area contributed by atoms with E-state index in [1.165, 1.54) is 0 Å². The number of carboxylic acids is 1. The fourth-order valence-electron chi connectivity index (χ4n) is 5.36. The zero-order valence-corrected chi connectivity index (χ0v) is 35.0. The minimum atomic E-state index is -1.14. The summed E-state index contributed by atoms with van der Waals surface area (Å²) in [5.74, 6) is -1.82. The van der Waals surface area contributed by atoms with E-state index in [0.717, 1.165) is 96.3 Å². The van der Waals surface area contributed by atoms with E-state index in [4.69, 9.17) is 14.2 Å². The van der Waals surface area contributed by atoms with E-state index in [2.05, 4.69) is 80.7 Å². The number of likely N-dealkylation sites (N-methyl/N-ethyl adjacent to an activating group) is 1. The monoisotopic (exact) mass is 766 g/mol. The van der Waals surface area contributed by atoms with Gasteiger partial charge in [0.15, 0.2) is 6.10 Å². The number of aliphatic carboxylic acids is 1. The highest BCUT2D eigenvalue weighted by Gasteiger charge is 2.25. The first kappa shape index (κ1) is 51.2. The fourth-order valence-corrected chi connectivity index (χ4v) is 5.36. The number of hydrogen-bond acceptors (Lipinski definition) is 7. The van der Waals surface area contributed by atoms with Crippen molar-refractivity contribution in [2.75, 3.05) is 41.0 Å². The minimum Gasteiger partial charge on any atom is -0.544 e. The highest BCUT2D eigenvalue weighted by molar-refractivity contribution is 5.70. The Balaban J connectivity index is 4.50. The summed E-state index contributed by atoms with van der Waals surface area (Å²) < 4.78 is 17.1. The van der Waals surface area contributed by atoms with Gasteiger partial charge >= 0.3 is 11.9 Å². The molecule has 0 saturated carbocycles. The van der Waals surface area contributed by atoms with Crippen LogP contribution in [0.2, 0.25) is 0 Å². The Kier molecular flexibility index (Phi) is 34.7. The molecule has 0 aliphatic rings. The van der Waals surface area contributed by atoms with E-state index in [1.807, 2.05) is 30.4 Å². The molecule has 0 aliphatic carbocycles. The maximum Gasteiger partial charge on any atom is 0.306 e. The number of rotatable bonds is 35. The van der Waals surface area contributed by atoms with Gasteiger partial charge in [-0.25, -0.2) is 0 Å². The Labute approximate surface area is 335 Å². The van der Waals surface area contributed by atoms with Crippen LogP contribution in [-0.4, -0.2) is 75.5 Å². The van der Waals surface area contributed by atoms with Crippen LogP contribution in [-0.2, 0) is 28.6 Å². The highest BCUT2D eigenvalue weighted by atomic mass is 16.6. The number of carbonyl (C=O) groups is 3. The lowest BCUT2D eigenvalue weighted by Gasteiger charge is -2.34. The van der Waals surface area contributed by atoms with Gasteiger partial charge in [0.25, 0.3) is 0 Å². The van der Waals surface area contributed by atoms with Gasteiger partial charge in [0.05, 0.1) is 40.3 Å². The number of allylic oxidation sites excluding steroid dienone is 16. The third kappa shape index (κ3) is 35.7. The van der Waals surface area contributed by atoms with Crippen LogP contribution in [0.3, 0.4) is 0 Å². The molecule has 55 heavy (non-hydrogen) atoms. The fraction of sp³-hybridized carbons (Fsp3) is 0.596. The van der Waals surface area contributed by atoms with Gasteiger partial charge in [-0.05, 0) is 70.6 Å². The number of hydrogen-bond donors (Lipinski definition) is 0. The summed E-state index contributed by atoms with van der Waals surface area (Å²) in [4.78, 5) is 36.8. The highest BCUT2D eigenvalue weighted by Crippen LogP contribution is 2.12. The maximum atomic E-state index is 12.7. The summed E-state index contributed by atoms with van der Waals surface area (Å²) in [5.41, 5.74) is 0.